The van der Waals surface area contributed by atoms with Crippen molar-refractivity contribution in [3.63, 3.8) is 0 Å². The van der Waals surface area contributed by atoms with E-state index in [1.54, 1.807) is 6.07 Å². The third-order valence-corrected chi connectivity index (χ3v) is 5.57. The van der Waals surface area contributed by atoms with Crippen LogP contribution in [0.25, 0.3) is 0 Å². The number of rotatable bonds is 4. The van der Waals surface area contributed by atoms with E-state index in [1.165, 1.54) is 0 Å². The van der Waals surface area contributed by atoms with E-state index in [1.807, 2.05) is 26.0 Å². The molecular formula is C16H21Cl2NO2. The predicted molar refractivity (Wildman–Crippen MR) is 86.0 cm³/mol. The molecule has 0 radical (unpaired) electrons. The third kappa shape index (κ3) is 3.05. The third-order valence-electron chi connectivity index (χ3n) is 4.84. The minimum Gasteiger partial charge on any atom is -0.481 e. The number of aliphatic carboxylic acids is 1. The largest absolute Gasteiger partial charge is 0.481 e. The van der Waals surface area contributed by atoms with Crippen LogP contribution in [-0.4, -0.2) is 29.1 Å². The fourth-order valence-corrected chi connectivity index (χ4v) is 3.38. The Bertz CT molecular complexity index is 547. The average Bonchev–Trinajstić information content (AvgIpc) is 2.87. The molecule has 1 aliphatic heterocycles. The van der Waals surface area contributed by atoms with E-state index >= 15 is 0 Å². The quantitative estimate of drug-likeness (QED) is 0.884. The van der Waals surface area contributed by atoms with Gasteiger partial charge in [0.05, 0.1) is 15.5 Å². The maximum absolute atomic E-state index is 11.7. The number of hydrogen-bond donors (Lipinski definition) is 1. The van der Waals surface area contributed by atoms with Crippen LogP contribution in [-0.2, 0) is 4.79 Å². The van der Waals surface area contributed by atoms with Gasteiger partial charge in [-0.25, -0.2) is 0 Å². The average molecular weight is 330 g/mol. The van der Waals surface area contributed by atoms with Gasteiger partial charge in [-0.15, -0.1) is 0 Å². The molecule has 0 saturated carbocycles. The zero-order valence-electron chi connectivity index (χ0n) is 12.6. The van der Waals surface area contributed by atoms with Gasteiger partial charge in [0.2, 0.25) is 0 Å². The molecule has 21 heavy (non-hydrogen) atoms. The zero-order valence-corrected chi connectivity index (χ0v) is 14.1. The number of halogens is 2. The van der Waals surface area contributed by atoms with E-state index in [0.29, 0.717) is 23.0 Å². The van der Waals surface area contributed by atoms with Crippen LogP contribution in [0.4, 0.5) is 0 Å². The number of nitrogens with zero attached hydrogens (tertiary/aromatic N) is 1. The summed E-state index contributed by atoms with van der Waals surface area (Å²) >= 11 is 12.0. The van der Waals surface area contributed by atoms with Crippen LogP contribution in [0.1, 0.15) is 38.8 Å². The fourth-order valence-electron chi connectivity index (χ4n) is 3.07. The van der Waals surface area contributed by atoms with Crippen molar-refractivity contribution in [2.24, 2.45) is 11.3 Å². The van der Waals surface area contributed by atoms with Crippen molar-refractivity contribution in [3.05, 3.63) is 33.8 Å². The molecule has 1 aromatic rings. The van der Waals surface area contributed by atoms with Crippen molar-refractivity contribution in [1.29, 1.82) is 0 Å². The van der Waals surface area contributed by atoms with Gasteiger partial charge in [0.25, 0.3) is 0 Å². The van der Waals surface area contributed by atoms with Gasteiger partial charge in [0, 0.05) is 12.6 Å². The minimum atomic E-state index is -0.693. The van der Waals surface area contributed by atoms with Gasteiger partial charge in [-0.3, -0.25) is 9.69 Å². The van der Waals surface area contributed by atoms with E-state index in [9.17, 15) is 9.90 Å². The Morgan fingerprint density at radius 2 is 1.95 bits per heavy atom. The minimum absolute atomic E-state index is 0.112. The monoisotopic (exact) mass is 329 g/mol. The molecule has 1 N–H and O–H groups in total. The van der Waals surface area contributed by atoms with Gasteiger partial charge in [-0.2, -0.15) is 0 Å². The van der Waals surface area contributed by atoms with E-state index in [4.69, 9.17) is 23.2 Å². The summed E-state index contributed by atoms with van der Waals surface area (Å²) in [5.74, 6) is -0.581. The highest BCUT2D eigenvalue weighted by Crippen LogP contribution is 2.41. The molecule has 2 atom stereocenters. The number of hydrogen-bond acceptors (Lipinski definition) is 2. The first-order valence-electron chi connectivity index (χ1n) is 7.20. The highest BCUT2D eigenvalue weighted by Gasteiger charge is 2.48. The van der Waals surface area contributed by atoms with Crippen molar-refractivity contribution in [3.8, 4) is 0 Å². The summed E-state index contributed by atoms with van der Waals surface area (Å²) in [6.45, 7) is 7.41. The second-order valence-corrected chi connectivity index (χ2v) is 7.00. The molecule has 116 valence electrons. The van der Waals surface area contributed by atoms with Crippen LogP contribution in [0.15, 0.2) is 18.2 Å². The Morgan fingerprint density at radius 3 is 2.43 bits per heavy atom. The highest BCUT2D eigenvalue weighted by atomic mass is 35.5. The predicted octanol–water partition coefficient (Wildman–Crippen LogP) is 4.49. The van der Waals surface area contributed by atoms with Crippen LogP contribution in [0.5, 0.6) is 0 Å². The van der Waals surface area contributed by atoms with Crippen LogP contribution >= 0.6 is 23.2 Å². The van der Waals surface area contributed by atoms with Crippen molar-refractivity contribution in [1.82, 2.24) is 4.90 Å². The Labute approximate surface area is 135 Å². The molecule has 0 aliphatic carbocycles. The Morgan fingerprint density at radius 1 is 1.29 bits per heavy atom. The Hall–Kier alpha value is -0.770. The molecule has 2 rings (SSSR count). The standard InChI is InChI=1S/C16H21Cl2NO2/c1-10(2)16(15(20)21)6-7-19(9-16)11(3)12-4-5-13(17)14(18)8-12/h4-5,8,10-11H,6-7,9H2,1-3H3,(H,20,21). The molecule has 0 aromatic heterocycles. The summed E-state index contributed by atoms with van der Waals surface area (Å²) in [6.07, 6.45) is 0.686. The summed E-state index contributed by atoms with van der Waals surface area (Å²) in [6, 6.07) is 5.73. The molecule has 1 heterocycles. The first-order valence-corrected chi connectivity index (χ1v) is 7.96. The zero-order chi connectivity index (χ0) is 15.8. The van der Waals surface area contributed by atoms with Gasteiger partial charge in [0.15, 0.2) is 0 Å². The summed E-state index contributed by atoms with van der Waals surface area (Å²) in [5.41, 5.74) is 0.416. The van der Waals surface area contributed by atoms with Crippen LogP contribution < -0.4 is 0 Å². The van der Waals surface area contributed by atoms with Gasteiger partial charge in [0.1, 0.15) is 0 Å². The van der Waals surface area contributed by atoms with Crippen LogP contribution in [0.3, 0.4) is 0 Å². The highest BCUT2D eigenvalue weighted by molar-refractivity contribution is 6.42. The van der Waals surface area contributed by atoms with Crippen molar-refractivity contribution in [2.75, 3.05) is 13.1 Å². The Kier molecular flexibility index (Phi) is 4.86. The van der Waals surface area contributed by atoms with Crippen molar-refractivity contribution >= 4 is 29.2 Å². The molecule has 1 fully saturated rings. The summed E-state index contributed by atoms with van der Waals surface area (Å²) in [4.78, 5) is 13.9. The lowest BCUT2D eigenvalue weighted by Gasteiger charge is -2.31. The normalized spacial score (nSPS) is 24.5. The molecule has 1 aromatic carbocycles. The van der Waals surface area contributed by atoms with Gasteiger partial charge >= 0.3 is 5.97 Å². The molecule has 0 amide bonds. The molecule has 2 unspecified atom stereocenters. The van der Waals surface area contributed by atoms with Crippen LogP contribution in [0, 0.1) is 11.3 Å². The van der Waals surface area contributed by atoms with Gasteiger partial charge in [-0.1, -0.05) is 43.1 Å². The number of likely N-dealkylation sites (tertiary alicyclic amines) is 1. The second-order valence-electron chi connectivity index (χ2n) is 6.19. The maximum Gasteiger partial charge on any atom is 0.311 e. The Balaban J connectivity index is 2.20. The molecule has 5 heteroatoms. The van der Waals surface area contributed by atoms with Crippen LogP contribution in [0.2, 0.25) is 10.0 Å². The number of carboxylic acid groups (broad SMARTS) is 1. The summed E-state index contributed by atoms with van der Waals surface area (Å²) in [7, 11) is 0. The van der Waals surface area contributed by atoms with E-state index in [0.717, 1.165) is 12.1 Å². The lowest BCUT2D eigenvalue weighted by molar-refractivity contribution is -0.151. The number of benzene rings is 1. The molecule has 0 bridgehead atoms. The topological polar surface area (TPSA) is 40.5 Å². The van der Waals surface area contributed by atoms with Gasteiger partial charge in [-0.05, 0) is 43.5 Å². The lowest BCUT2D eigenvalue weighted by Crippen LogP contribution is -2.39. The lowest BCUT2D eigenvalue weighted by atomic mass is 9.76. The van der Waals surface area contributed by atoms with E-state index in [-0.39, 0.29) is 12.0 Å². The fraction of sp³-hybridized carbons (Fsp3) is 0.562. The van der Waals surface area contributed by atoms with E-state index < -0.39 is 11.4 Å². The molecule has 3 nitrogen and oxygen atoms in total. The summed E-state index contributed by atoms with van der Waals surface area (Å²) < 4.78 is 0. The van der Waals surface area contributed by atoms with Gasteiger partial charge < -0.3 is 5.11 Å². The first-order chi connectivity index (χ1) is 9.78. The smallest absolute Gasteiger partial charge is 0.311 e. The summed E-state index contributed by atoms with van der Waals surface area (Å²) in [5, 5.41) is 10.7. The second kappa shape index (κ2) is 6.15. The molecule has 0 spiro atoms. The number of carbonyl (C=O) groups is 1. The molecule has 1 aliphatic rings. The maximum atomic E-state index is 11.7. The molecule has 1 saturated heterocycles. The van der Waals surface area contributed by atoms with Crippen molar-refractivity contribution in [2.45, 2.75) is 33.2 Å². The first kappa shape index (κ1) is 16.6. The van der Waals surface area contributed by atoms with Crippen molar-refractivity contribution < 1.29 is 9.90 Å². The number of carboxylic acids is 1. The van der Waals surface area contributed by atoms with E-state index in [2.05, 4.69) is 11.8 Å². The molecular weight excluding hydrogens is 309 g/mol. The SMILES string of the molecule is CC(c1ccc(Cl)c(Cl)c1)N1CCC(C(=O)O)(C(C)C)C1.